The molecule has 0 aliphatic carbocycles. The Morgan fingerprint density at radius 2 is 2.06 bits per heavy atom. The second kappa shape index (κ2) is 4.16. The molecule has 0 radical (unpaired) electrons. The average Bonchev–Trinajstić information content (AvgIpc) is 2.23. The van der Waals surface area contributed by atoms with Crippen molar-refractivity contribution in [3.63, 3.8) is 0 Å². The lowest BCUT2D eigenvalue weighted by atomic mass is 9.83. The van der Waals surface area contributed by atoms with Crippen molar-refractivity contribution in [1.82, 2.24) is 4.57 Å². The summed E-state index contributed by atoms with van der Waals surface area (Å²) < 4.78 is 1.97. The Balaban J connectivity index is 3.67. The summed E-state index contributed by atoms with van der Waals surface area (Å²) in [5.74, 6) is 0. The van der Waals surface area contributed by atoms with E-state index in [0.29, 0.717) is 5.69 Å². The molecule has 1 aromatic heterocycles. The third kappa shape index (κ3) is 1.90. The van der Waals surface area contributed by atoms with Crippen molar-refractivity contribution in [2.45, 2.75) is 26.2 Å². The Hall–Kier alpha value is -1.51. The van der Waals surface area contributed by atoms with Gasteiger partial charge in [0.2, 0.25) is 5.43 Å². The fourth-order valence-electron chi connectivity index (χ4n) is 1.86. The number of aromatic nitrogens is 1. The van der Waals surface area contributed by atoms with Gasteiger partial charge in [-0.3, -0.25) is 4.79 Å². The topological polar surface area (TPSA) is 34.0 Å². The van der Waals surface area contributed by atoms with E-state index < -0.39 is 0 Å². The first kappa shape index (κ1) is 12.6. The van der Waals surface area contributed by atoms with E-state index in [2.05, 4.69) is 11.9 Å². The van der Waals surface area contributed by atoms with Crippen LogP contribution in [0.1, 0.15) is 25.1 Å². The van der Waals surface area contributed by atoms with Crippen LogP contribution in [0.25, 0.3) is 0 Å². The number of hydrogen-bond donors (Lipinski definition) is 1. The number of allylic oxidation sites excluding steroid dienone is 1. The van der Waals surface area contributed by atoms with Crippen LogP contribution in [0.4, 0.5) is 5.69 Å². The number of pyridine rings is 1. The van der Waals surface area contributed by atoms with Gasteiger partial charge in [-0.05, 0) is 6.92 Å². The van der Waals surface area contributed by atoms with Crippen LogP contribution < -0.4 is 10.7 Å². The highest BCUT2D eigenvalue weighted by Gasteiger charge is 2.24. The summed E-state index contributed by atoms with van der Waals surface area (Å²) in [5, 5.41) is 2.93. The predicted molar refractivity (Wildman–Crippen MR) is 69.2 cm³/mol. The second-order valence-electron chi connectivity index (χ2n) is 4.62. The highest BCUT2D eigenvalue weighted by molar-refractivity contribution is 5.48. The average molecular weight is 220 g/mol. The molecule has 16 heavy (non-hydrogen) atoms. The summed E-state index contributed by atoms with van der Waals surface area (Å²) in [6.07, 6.45) is 3.64. The summed E-state index contributed by atoms with van der Waals surface area (Å²) in [6.45, 7) is 9.77. The van der Waals surface area contributed by atoms with Crippen molar-refractivity contribution in [1.29, 1.82) is 0 Å². The maximum atomic E-state index is 12.3. The first-order valence-corrected chi connectivity index (χ1v) is 5.37. The molecule has 3 nitrogen and oxygen atoms in total. The van der Waals surface area contributed by atoms with Crippen LogP contribution in [0.15, 0.2) is 23.6 Å². The fraction of sp³-hybridized carbons (Fsp3) is 0.462. The van der Waals surface area contributed by atoms with Gasteiger partial charge in [0.1, 0.15) is 0 Å². The monoisotopic (exact) mass is 220 g/mol. The van der Waals surface area contributed by atoms with Gasteiger partial charge in [0, 0.05) is 37.0 Å². The van der Waals surface area contributed by atoms with Crippen molar-refractivity contribution < 1.29 is 0 Å². The van der Waals surface area contributed by atoms with Crippen LogP contribution in [0.5, 0.6) is 0 Å². The SMILES string of the molecule is C=CC(C)(C)c1c(C)n(C)cc(NC)c1=O. The maximum absolute atomic E-state index is 12.3. The molecule has 1 rings (SSSR count). The van der Waals surface area contributed by atoms with Crippen LogP contribution in [0.2, 0.25) is 0 Å². The molecule has 1 aromatic rings. The summed E-state index contributed by atoms with van der Waals surface area (Å²) >= 11 is 0. The quantitative estimate of drug-likeness (QED) is 0.792. The molecular formula is C13H20N2O. The molecule has 0 aliphatic heterocycles. The molecule has 0 amide bonds. The molecule has 1 heterocycles. The number of rotatable bonds is 3. The third-order valence-electron chi connectivity index (χ3n) is 3.11. The van der Waals surface area contributed by atoms with Crippen molar-refractivity contribution in [3.8, 4) is 0 Å². The molecule has 0 saturated carbocycles. The van der Waals surface area contributed by atoms with E-state index in [9.17, 15) is 4.79 Å². The third-order valence-corrected chi connectivity index (χ3v) is 3.11. The predicted octanol–water partition coefficient (Wildman–Crippen LogP) is 2.20. The summed E-state index contributed by atoms with van der Waals surface area (Å²) in [5.41, 5.74) is 2.15. The molecule has 0 bridgehead atoms. The van der Waals surface area contributed by atoms with E-state index in [1.807, 2.05) is 44.7 Å². The minimum Gasteiger partial charge on any atom is -0.384 e. The normalized spacial score (nSPS) is 11.3. The number of anilines is 1. The largest absolute Gasteiger partial charge is 0.384 e. The lowest BCUT2D eigenvalue weighted by Gasteiger charge is -2.24. The van der Waals surface area contributed by atoms with Gasteiger partial charge in [-0.1, -0.05) is 19.9 Å². The van der Waals surface area contributed by atoms with Gasteiger partial charge in [-0.15, -0.1) is 6.58 Å². The minimum atomic E-state index is -0.314. The lowest BCUT2D eigenvalue weighted by molar-refractivity contribution is 0.641. The molecule has 0 atom stereocenters. The van der Waals surface area contributed by atoms with Crippen molar-refractivity contribution >= 4 is 5.69 Å². The summed E-state index contributed by atoms with van der Waals surface area (Å²) in [4.78, 5) is 12.3. The van der Waals surface area contributed by atoms with Crippen LogP contribution in [0, 0.1) is 6.92 Å². The smallest absolute Gasteiger partial charge is 0.208 e. The van der Waals surface area contributed by atoms with Gasteiger partial charge < -0.3 is 9.88 Å². The van der Waals surface area contributed by atoms with Crippen LogP contribution in [-0.2, 0) is 12.5 Å². The van der Waals surface area contributed by atoms with E-state index in [1.165, 1.54) is 0 Å². The van der Waals surface area contributed by atoms with Crippen LogP contribution >= 0.6 is 0 Å². The molecule has 0 spiro atoms. The van der Waals surface area contributed by atoms with Gasteiger partial charge in [-0.25, -0.2) is 0 Å². The molecule has 0 fully saturated rings. The van der Waals surface area contributed by atoms with Crippen LogP contribution in [-0.4, -0.2) is 11.6 Å². The number of hydrogen-bond acceptors (Lipinski definition) is 2. The highest BCUT2D eigenvalue weighted by Crippen LogP contribution is 2.25. The van der Waals surface area contributed by atoms with Gasteiger partial charge in [0.25, 0.3) is 0 Å². The van der Waals surface area contributed by atoms with Gasteiger partial charge in [0.15, 0.2) is 0 Å². The molecule has 1 N–H and O–H groups in total. The van der Waals surface area contributed by atoms with Gasteiger partial charge in [-0.2, -0.15) is 0 Å². The fourth-order valence-corrected chi connectivity index (χ4v) is 1.86. The van der Waals surface area contributed by atoms with E-state index in [1.54, 1.807) is 7.05 Å². The zero-order chi connectivity index (χ0) is 12.5. The Kier molecular flexibility index (Phi) is 3.27. The Morgan fingerprint density at radius 1 is 1.50 bits per heavy atom. The highest BCUT2D eigenvalue weighted by atomic mass is 16.1. The lowest BCUT2D eigenvalue weighted by Crippen LogP contribution is -2.29. The van der Waals surface area contributed by atoms with Gasteiger partial charge >= 0.3 is 0 Å². The summed E-state index contributed by atoms with van der Waals surface area (Å²) in [7, 11) is 3.70. The van der Waals surface area contributed by atoms with E-state index in [-0.39, 0.29) is 10.8 Å². The first-order chi connectivity index (χ1) is 7.35. The maximum Gasteiger partial charge on any atom is 0.208 e. The number of aryl methyl sites for hydroxylation is 1. The molecule has 0 aromatic carbocycles. The van der Waals surface area contributed by atoms with Gasteiger partial charge in [0.05, 0.1) is 5.69 Å². The minimum absolute atomic E-state index is 0.0583. The van der Waals surface area contributed by atoms with Crippen LogP contribution in [0.3, 0.4) is 0 Å². The molecular weight excluding hydrogens is 200 g/mol. The Labute approximate surface area is 96.8 Å². The Bertz CT molecular complexity index is 470. The first-order valence-electron chi connectivity index (χ1n) is 5.37. The van der Waals surface area contributed by atoms with Crippen molar-refractivity contribution in [2.24, 2.45) is 7.05 Å². The standard InChI is InChI=1S/C13H20N2O/c1-7-13(3,4)11-9(2)15(6)8-10(14-5)12(11)16/h7-8,14H,1H2,2-6H3. The van der Waals surface area contributed by atoms with E-state index >= 15 is 0 Å². The van der Waals surface area contributed by atoms with Crippen molar-refractivity contribution in [3.05, 3.63) is 40.3 Å². The Morgan fingerprint density at radius 3 is 2.50 bits per heavy atom. The zero-order valence-corrected chi connectivity index (χ0v) is 10.7. The molecule has 88 valence electrons. The second-order valence-corrected chi connectivity index (χ2v) is 4.62. The molecule has 0 saturated heterocycles. The molecule has 3 heteroatoms. The van der Waals surface area contributed by atoms with E-state index in [0.717, 1.165) is 11.3 Å². The molecule has 0 unspecified atom stereocenters. The molecule has 0 aliphatic rings. The number of nitrogens with one attached hydrogen (secondary N) is 1. The zero-order valence-electron chi connectivity index (χ0n) is 10.7. The van der Waals surface area contributed by atoms with E-state index in [4.69, 9.17) is 0 Å². The summed E-state index contributed by atoms with van der Waals surface area (Å²) in [6, 6.07) is 0. The van der Waals surface area contributed by atoms with Crippen molar-refractivity contribution in [2.75, 3.05) is 12.4 Å². The number of nitrogens with zero attached hydrogens (tertiary/aromatic N) is 1.